The van der Waals surface area contributed by atoms with E-state index in [4.69, 9.17) is 24.1 Å². The first-order valence-electron chi connectivity index (χ1n) is 15.2. The molecule has 0 aliphatic rings. The molecular weight excluding hydrogens is 596 g/mol. The molecular formula is C31H45O12S-. The van der Waals surface area contributed by atoms with Crippen molar-refractivity contribution in [3.05, 3.63) is 41.5 Å². The molecule has 0 fully saturated rings. The third-order valence-corrected chi connectivity index (χ3v) is 7.13. The molecule has 13 heteroatoms. The standard InChI is InChI=1S/C31H46O12S/c1-2-3-4-6-11-18-40-28(33)15-16-29(34)41-19-12-8-9-14-21-43-31(36)26-22-25(23-27(24-26)44(37,38)39)30(35)42-20-13-7-5-10-17-32/h15-16,22-24,32H,2-14,17-21H2,1H3,(H,37,38,39)/p-1/b16-15-. The lowest BCUT2D eigenvalue weighted by atomic mass is 10.1. The highest BCUT2D eigenvalue weighted by Crippen LogP contribution is 2.18. The number of hydrogen-bond donors (Lipinski definition) is 1. The highest BCUT2D eigenvalue weighted by Gasteiger charge is 2.17. The zero-order chi connectivity index (χ0) is 32.6. The van der Waals surface area contributed by atoms with Crippen molar-refractivity contribution in [3.8, 4) is 0 Å². The number of aliphatic hydroxyl groups excluding tert-OH is 1. The van der Waals surface area contributed by atoms with E-state index in [1.165, 1.54) is 0 Å². The molecule has 1 rings (SSSR count). The molecule has 0 unspecified atom stereocenters. The van der Waals surface area contributed by atoms with Gasteiger partial charge in [0.05, 0.1) is 42.4 Å². The number of ether oxygens (including phenoxy) is 4. The van der Waals surface area contributed by atoms with Crippen LogP contribution in [0.1, 0.15) is 111 Å². The lowest BCUT2D eigenvalue weighted by Crippen LogP contribution is -2.13. The maximum atomic E-state index is 12.5. The number of esters is 4. The minimum Gasteiger partial charge on any atom is -0.744 e. The summed E-state index contributed by atoms with van der Waals surface area (Å²) in [6.45, 7) is 2.72. The summed E-state index contributed by atoms with van der Waals surface area (Å²) in [5.74, 6) is -3.02. The highest BCUT2D eigenvalue weighted by molar-refractivity contribution is 7.85. The average Bonchev–Trinajstić information content (AvgIpc) is 2.99. The van der Waals surface area contributed by atoms with E-state index in [-0.39, 0.29) is 37.6 Å². The van der Waals surface area contributed by atoms with Gasteiger partial charge < -0.3 is 28.6 Å². The first-order chi connectivity index (χ1) is 21.1. The Morgan fingerprint density at radius 1 is 0.636 bits per heavy atom. The molecule has 0 heterocycles. The summed E-state index contributed by atoms with van der Waals surface area (Å²) in [5.41, 5.74) is -0.532. The molecule has 0 radical (unpaired) electrons. The summed E-state index contributed by atoms with van der Waals surface area (Å²) in [7, 11) is -4.96. The topological polar surface area (TPSA) is 183 Å². The van der Waals surface area contributed by atoms with Crippen LogP contribution in [0, 0.1) is 0 Å². The fourth-order valence-corrected chi connectivity index (χ4v) is 4.43. The smallest absolute Gasteiger partial charge is 0.338 e. The van der Waals surface area contributed by atoms with Gasteiger partial charge in [0.25, 0.3) is 0 Å². The van der Waals surface area contributed by atoms with Crippen LogP contribution in [-0.2, 0) is 38.7 Å². The Kier molecular flexibility index (Phi) is 20.4. The Labute approximate surface area is 259 Å². The van der Waals surface area contributed by atoms with Crippen molar-refractivity contribution in [3.63, 3.8) is 0 Å². The maximum absolute atomic E-state index is 12.5. The molecule has 0 saturated heterocycles. The molecule has 1 N–H and O–H groups in total. The monoisotopic (exact) mass is 641 g/mol. The molecule has 1 aromatic carbocycles. The lowest BCUT2D eigenvalue weighted by molar-refractivity contribution is -0.140. The van der Waals surface area contributed by atoms with Gasteiger partial charge in [0.1, 0.15) is 10.1 Å². The van der Waals surface area contributed by atoms with E-state index in [1.54, 1.807) is 0 Å². The summed E-state index contributed by atoms with van der Waals surface area (Å²) >= 11 is 0. The van der Waals surface area contributed by atoms with E-state index in [9.17, 15) is 32.1 Å². The first kappa shape index (κ1) is 38.7. The van der Waals surface area contributed by atoms with Gasteiger partial charge in [0, 0.05) is 18.8 Å². The SMILES string of the molecule is CCCCCCCOC(=O)/C=C\C(=O)OCCCCCCOC(=O)c1cc(C(=O)OCCCCCCO)cc(S(=O)(=O)[O-])c1. The fourth-order valence-electron chi connectivity index (χ4n) is 3.88. The Bertz CT molecular complexity index is 1160. The van der Waals surface area contributed by atoms with E-state index in [1.807, 2.05) is 0 Å². The average molecular weight is 642 g/mol. The van der Waals surface area contributed by atoms with Crippen molar-refractivity contribution in [1.82, 2.24) is 0 Å². The van der Waals surface area contributed by atoms with Crippen molar-refractivity contribution >= 4 is 34.0 Å². The van der Waals surface area contributed by atoms with Crippen LogP contribution in [0.5, 0.6) is 0 Å². The van der Waals surface area contributed by atoms with E-state index >= 15 is 0 Å². The van der Waals surface area contributed by atoms with E-state index in [0.717, 1.165) is 75.3 Å². The number of unbranched alkanes of at least 4 members (excludes halogenated alkanes) is 10. The number of aliphatic hydroxyl groups is 1. The predicted molar refractivity (Wildman–Crippen MR) is 159 cm³/mol. The Hall–Kier alpha value is -3.29. The van der Waals surface area contributed by atoms with Gasteiger partial charge in [-0.1, -0.05) is 39.0 Å². The summed E-state index contributed by atoms with van der Waals surface area (Å²) < 4.78 is 55.1. The van der Waals surface area contributed by atoms with Gasteiger partial charge in [-0.05, 0) is 69.6 Å². The number of carbonyl (C=O) groups is 4. The summed E-state index contributed by atoms with van der Waals surface area (Å²) in [6, 6.07) is 2.83. The number of hydrogen-bond acceptors (Lipinski definition) is 12. The van der Waals surface area contributed by atoms with Gasteiger partial charge >= 0.3 is 23.9 Å². The quantitative estimate of drug-likeness (QED) is 0.0544. The normalized spacial score (nSPS) is 11.3. The number of carbonyl (C=O) groups excluding carboxylic acids is 4. The zero-order valence-electron chi connectivity index (χ0n) is 25.5. The minimum atomic E-state index is -4.96. The van der Waals surface area contributed by atoms with Crippen LogP contribution in [0.25, 0.3) is 0 Å². The second-order valence-electron chi connectivity index (χ2n) is 10.1. The second-order valence-corrected chi connectivity index (χ2v) is 11.5. The van der Waals surface area contributed by atoms with Gasteiger partial charge in [-0.15, -0.1) is 0 Å². The first-order valence-corrected chi connectivity index (χ1v) is 16.6. The van der Waals surface area contributed by atoms with Crippen LogP contribution in [-0.4, -0.2) is 75.0 Å². The summed E-state index contributed by atoms with van der Waals surface area (Å²) in [5, 5.41) is 8.79. The van der Waals surface area contributed by atoms with Gasteiger partial charge in [0.2, 0.25) is 0 Å². The Balaban J connectivity index is 2.36. The third kappa shape index (κ3) is 18.4. The molecule has 0 aliphatic carbocycles. The summed E-state index contributed by atoms with van der Waals surface area (Å²) in [6.07, 6.45) is 12.2. The summed E-state index contributed by atoms with van der Waals surface area (Å²) in [4.78, 5) is 47.5. The fraction of sp³-hybridized carbons (Fsp3) is 0.613. The Morgan fingerprint density at radius 2 is 1.02 bits per heavy atom. The molecule has 44 heavy (non-hydrogen) atoms. The second kappa shape index (κ2) is 23.1. The molecule has 0 spiro atoms. The molecule has 12 nitrogen and oxygen atoms in total. The Morgan fingerprint density at radius 3 is 1.41 bits per heavy atom. The van der Waals surface area contributed by atoms with Gasteiger partial charge in [-0.25, -0.2) is 27.6 Å². The van der Waals surface area contributed by atoms with Crippen LogP contribution in [0.2, 0.25) is 0 Å². The largest absolute Gasteiger partial charge is 0.744 e. The highest BCUT2D eigenvalue weighted by atomic mass is 32.2. The predicted octanol–water partition coefficient (Wildman–Crippen LogP) is 4.63. The maximum Gasteiger partial charge on any atom is 0.338 e. The number of benzene rings is 1. The van der Waals surface area contributed by atoms with Crippen LogP contribution in [0.4, 0.5) is 0 Å². The van der Waals surface area contributed by atoms with Gasteiger partial charge in [-0.2, -0.15) is 0 Å². The van der Waals surface area contributed by atoms with Crippen LogP contribution in [0.3, 0.4) is 0 Å². The van der Waals surface area contributed by atoms with Crippen molar-refractivity contribution in [2.45, 2.75) is 95.3 Å². The van der Waals surface area contributed by atoms with Gasteiger partial charge in [-0.3, -0.25) is 0 Å². The molecule has 0 saturated carbocycles. The van der Waals surface area contributed by atoms with Crippen LogP contribution >= 0.6 is 0 Å². The van der Waals surface area contributed by atoms with Crippen LogP contribution in [0.15, 0.2) is 35.2 Å². The van der Waals surface area contributed by atoms with Crippen molar-refractivity contribution < 1.29 is 56.2 Å². The van der Waals surface area contributed by atoms with Gasteiger partial charge in [0.15, 0.2) is 0 Å². The van der Waals surface area contributed by atoms with E-state index in [2.05, 4.69) is 6.92 Å². The van der Waals surface area contributed by atoms with Crippen molar-refractivity contribution in [2.75, 3.05) is 33.0 Å². The zero-order valence-corrected chi connectivity index (χ0v) is 26.3. The molecule has 0 atom stereocenters. The molecule has 1 aromatic rings. The van der Waals surface area contributed by atoms with Crippen molar-refractivity contribution in [2.24, 2.45) is 0 Å². The molecule has 0 aliphatic heterocycles. The molecule has 0 amide bonds. The van der Waals surface area contributed by atoms with E-state index < -0.39 is 38.9 Å². The third-order valence-electron chi connectivity index (χ3n) is 6.32. The number of rotatable bonds is 24. The van der Waals surface area contributed by atoms with E-state index in [0.29, 0.717) is 45.1 Å². The lowest BCUT2D eigenvalue weighted by Gasteiger charge is -2.12. The molecule has 0 bridgehead atoms. The molecule has 248 valence electrons. The van der Waals surface area contributed by atoms with Crippen LogP contribution < -0.4 is 0 Å². The van der Waals surface area contributed by atoms with Crippen molar-refractivity contribution in [1.29, 1.82) is 0 Å². The molecule has 0 aromatic heterocycles. The minimum absolute atomic E-state index is 0.00401.